The number of carbonyl (C=O) groups excluding carboxylic acids is 1. The van der Waals surface area contributed by atoms with Gasteiger partial charge >= 0.3 is 0 Å². The van der Waals surface area contributed by atoms with Gasteiger partial charge in [0.05, 0.1) is 11.6 Å². The Balaban J connectivity index is 1.62. The predicted octanol–water partition coefficient (Wildman–Crippen LogP) is 3.39. The van der Waals surface area contributed by atoms with Crippen molar-refractivity contribution >= 4 is 17.5 Å². The van der Waals surface area contributed by atoms with Crippen molar-refractivity contribution in [1.82, 2.24) is 9.97 Å². The molecule has 0 unspecified atom stereocenters. The summed E-state index contributed by atoms with van der Waals surface area (Å²) in [5, 5.41) is 14.6. The minimum absolute atomic E-state index is 0.181. The van der Waals surface area contributed by atoms with Gasteiger partial charge in [-0.15, -0.1) is 0 Å². The summed E-state index contributed by atoms with van der Waals surface area (Å²) in [5.74, 6) is -0.387. The summed E-state index contributed by atoms with van der Waals surface area (Å²) in [5.41, 5.74) is 1.73. The second-order valence-electron chi connectivity index (χ2n) is 5.68. The molecule has 1 heterocycles. The Morgan fingerprint density at radius 3 is 2.81 bits per heavy atom. The van der Waals surface area contributed by atoms with Crippen molar-refractivity contribution in [2.45, 2.75) is 6.42 Å². The van der Waals surface area contributed by atoms with E-state index in [9.17, 15) is 9.18 Å². The molecule has 7 heteroatoms. The highest BCUT2D eigenvalue weighted by molar-refractivity contribution is 6.03. The number of carbonyl (C=O) groups is 1. The lowest BCUT2D eigenvalue weighted by Crippen LogP contribution is -2.16. The van der Waals surface area contributed by atoms with Crippen LogP contribution in [-0.4, -0.2) is 22.4 Å². The topological polar surface area (TPSA) is 90.7 Å². The number of benzene rings is 2. The molecule has 3 rings (SSSR count). The summed E-state index contributed by atoms with van der Waals surface area (Å²) in [6, 6.07) is 16.7. The van der Waals surface area contributed by atoms with Crippen LogP contribution in [0.15, 0.2) is 60.8 Å². The van der Waals surface area contributed by atoms with Crippen LogP contribution in [-0.2, 0) is 6.42 Å². The second kappa shape index (κ2) is 8.54. The van der Waals surface area contributed by atoms with Gasteiger partial charge in [-0.3, -0.25) is 4.79 Å². The predicted molar refractivity (Wildman–Crippen MR) is 99.7 cm³/mol. The minimum Gasteiger partial charge on any atom is -0.354 e. The number of amides is 1. The first kappa shape index (κ1) is 18.0. The van der Waals surface area contributed by atoms with Gasteiger partial charge in [0.1, 0.15) is 11.5 Å². The maximum absolute atomic E-state index is 13.6. The van der Waals surface area contributed by atoms with Gasteiger partial charge in [0, 0.05) is 18.4 Å². The molecule has 0 aliphatic carbocycles. The van der Waals surface area contributed by atoms with Gasteiger partial charge in [-0.25, -0.2) is 14.4 Å². The molecule has 3 aromatic rings. The third-order valence-electron chi connectivity index (χ3n) is 3.77. The Morgan fingerprint density at radius 1 is 1.15 bits per heavy atom. The first-order valence-corrected chi connectivity index (χ1v) is 8.27. The van der Waals surface area contributed by atoms with Crippen LogP contribution in [0.3, 0.4) is 0 Å². The van der Waals surface area contributed by atoms with Gasteiger partial charge in [-0.2, -0.15) is 5.26 Å². The molecule has 0 bridgehead atoms. The summed E-state index contributed by atoms with van der Waals surface area (Å²) in [4.78, 5) is 20.6. The molecule has 0 atom stereocenters. The van der Waals surface area contributed by atoms with E-state index in [2.05, 4.69) is 20.6 Å². The molecular weight excluding hydrogens is 345 g/mol. The number of nitriles is 1. The molecule has 0 saturated heterocycles. The van der Waals surface area contributed by atoms with Crippen molar-refractivity contribution in [2.24, 2.45) is 0 Å². The molecule has 0 saturated carbocycles. The Bertz CT molecular complexity index is 999. The Labute approximate surface area is 155 Å². The number of hydrogen-bond acceptors (Lipinski definition) is 5. The zero-order valence-electron chi connectivity index (χ0n) is 14.3. The fourth-order valence-electron chi connectivity index (χ4n) is 2.44. The third kappa shape index (κ3) is 4.86. The van der Waals surface area contributed by atoms with E-state index in [-0.39, 0.29) is 17.5 Å². The van der Waals surface area contributed by atoms with Gasteiger partial charge in [-0.1, -0.05) is 24.3 Å². The van der Waals surface area contributed by atoms with Crippen LogP contribution in [0.1, 0.15) is 21.6 Å². The van der Waals surface area contributed by atoms with Crippen LogP contribution >= 0.6 is 0 Å². The summed E-state index contributed by atoms with van der Waals surface area (Å²) in [6.45, 7) is 0.427. The first-order valence-electron chi connectivity index (χ1n) is 8.27. The fraction of sp³-hybridized carbons (Fsp3) is 0.100. The Kier molecular flexibility index (Phi) is 5.70. The quantitative estimate of drug-likeness (QED) is 0.702. The highest BCUT2D eigenvalue weighted by Crippen LogP contribution is 2.12. The first-order chi connectivity index (χ1) is 13.2. The zero-order chi connectivity index (χ0) is 19.1. The van der Waals surface area contributed by atoms with E-state index in [0.29, 0.717) is 29.8 Å². The van der Waals surface area contributed by atoms with Gasteiger partial charge in [0.2, 0.25) is 5.95 Å². The average molecular weight is 361 g/mol. The van der Waals surface area contributed by atoms with Crippen molar-refractivity contribution < 1.29 is 9.18 Å². The van der Waals surface area contributed by atoms with Crippen LogP contribution in [0.2, 0.25) is 0 Å². The molecular formula is C20H16FN5O. The smallest absolute Gasteiger partial charge is 0.274 e. The molecule has 2 aromatic carbocycles. The largest absolute Gasteiger partial charge is 0.354 e. The number of halogens is 1. The molecule has 27 heavy (non-hydrogen) atoms. The number of nitrogens with zero attached hydrogens (tertiary/aromatic N) is 3. The molecule has 2 N–H and O–H groups in total. The van der Waals surface area contributed by atoms with Crippen LogP contribution in [0, 0.1) is 17.1 Å². The SMILES string of the molecule is N#Cc1cccc(NC(=O)c2ccnc(NCCc3ccccc3F)n2)c1. The lowest BCUT2D eigenvalue weighted by molar-refractivity contribution is 0.102. The maximum Gasteiger partial charge on any atom is 0.274 e. The maximum atomic E-state index is 13.6. The van der Waals surface area contributed by atoms with E-state index in [1.54, 1.807) is 42.5 Å². The van der Waals surface area contributed by atoms with Gasteiger partial charge in [0.25, 0.3) is 5.91 Å². The molecule has 1 aromatic heterocycles. The molecule has 0 aliphatic rings. The van der Waals surface area contributed by atoms with Gasteiger partial charge in [0.15, 0.2) is 0 Å². The monoisotopic (exact) mass is 361 g/mol. The molecule has 0 spiro atoms. The van der Waals surface area contributed by atoms with E-state index in [0.717, 1.165) is 0 Å². The number of nitrogens with one attached hydrogen (secondary N) is 2. The van der Waals surface area contributed by atoms with E-state index in [1.165, 1.54) is 18.3 Å². The van der Waals surface area contributed by atoms with E-state index in [1.807, 2.05) is 6.07 Å². The van der Waals surface area contributed by atoms with Crippen molar-refractivity contribution in [3.05, 3.63) is 83.4 Å². The lowest BCUT2D eigenvalue weighted by Gasteiger charge is -2.08. The number of anilines is 2. The highest BCUT2D eigenvalue weighted by atomic mass is 19.1. The fourth-order valence-corrected chi connectivity index (χ4v) is 2.44. The molecule has 0 fully saturated rings. The van der Waals surface area contributed by atoms with Crippen LogP contribution in [0.4, 0.5) is 16.0 Å². The summed E-state index contributed by atoms with van der Waals surface area (Å²) < 4.78 is 13.6. The second-order valence-corrected chi connectivity index (χ2v) is 5.68. The van der Waals surface area contributed by atoms with Gasteiger partial charge in [-0.05, 0) is 42.3 Å². The van der Waals surface area contributed by atoms with Crippen molar-refractivity contribution in [3.63, 3.8) is 0 Å². The number of hydrogen-bond donors (Lipinski definition) is 2. The Hall–Kier alpha value is -3.79. The third-order valence-corrected chi connectivity index (χ3v) is 3.77. The van der Waals surface area contributed by atoms with E-state index in [4.69, 9.17) is 5.26 Å². The Morgan fingerprint density at radius 2 is 2.00 bits per heavy atom. The molecule has 0 aliphatic heterocycles. The molecule has 6 nitrogen and oxygen atoms in total. The molecule has 134 valence electrons. The summed E-state index contributed by atoms with van der Waals surface area (Å²) >= 11 is 0. The molecule has 1 amide bonds. The highest BCUT2D eigenvalue weighted by Gasteiger charge is 2.10. The average Bonchev–Trinajstić information content (AvgIpc) is 2.70. The summed E-state index contributed by atoms with van der Waals surface area (Å²) in [7, 11) is 0. The van der Waals surface area contributed by atoms with E-state index >= 15 is 0 Å². The standard InChI is InChI=1S/C20H16FN5O/c21-17-7-2-1-5-15(17)8-10-23-20-24-11-9-18(26-20)19(27)25-16-6-3-4-14(12-16)13-22/h1-7,9,11-12H,8,10H2,(H,25,27)(H,23,24,26). The van der Waals surface area contributed by atoms with Crippen LogP contribution < -0.4 is 10.6 Å². The van der Waals surface area contributed by atoms with Crippen molar-refractivity contribution in [1.29, 1.82) is 5.26 Å². The van der Waals surface area contributed by atoms with E-state index < -0.39 is 5.91 Å². The molecule has 0 radical (unpaired) electrons. The van der Waals surface area contributed by atoms with Crippen molar-refractivity contribution in [3.8, 4) is 6.07 Å². The lowest BCUT2D eigenvalue weighted by atomic mass is 10.1. The summed E-state index contributed by atoms with van der Waals surface area (Å²) in [6.07, 6.45) is 1.94. The van der Waals surface area contributed by atoms with Crippen LogP contribution in [0.5, 0.6) is 0 Å². The van der Waals surface area contributed by atoms with Crippen molar-refractivity contribution in [2.75, 3.05) is 17.2 Å². The zero-order valence-corrected chi connectivity index (χ0v) is 14.3. The normalized spacial score (nSPS) is 10.1. The van der Waals surface area contributed by atoms with Gasteiger partial charge < -0.3 is 10.6 Å². The number of rotatable bonds is 6. The number of aromatic nitrogens is 2. The minimum atomic E-state index is -0.412. The van der Waals surface area contributed by atoms with Crippen LogP contribution in [0.25, 0.3) is 0 Å².